The van der Waals surface area contributed by atoms with E-state index in [9.17, 15) is 9.90 Å². The molecule has 0 spiro atoms. The lowest BCUT2D eigenvalue weighted by Gasteiger charge is -2.12. The topological polar surface area (TPSA) is 59.0 Å². The molecule has 0 amide bonds. The van der Waals surface area contributed by atoms with E-state index in [-0.39, 0.29) is 17.5 Å². The van der Waals surface area contributed by atoms with Gasteiger partial charge in [-0.2, -0.15) is 9.13 Å². The van der Waals surface area contributed by atoms with Crippen molar-refractivity contribution in [3.8, 4) is 17.0 Å². The van der Waals surface area contributed by atoms with Gasteiger partial charge in [-0.15, -0.1) is 0 Å². The number of rotatable bonds is 2. The van der Waals surface area contributed by atoms with E-state index in [1.807, 2.05) is 55.6 Å². The number of fused-ring (bicyclic) bond motifs is 1. The summed E-state index contributed by atoms with van der Waals surface area (Å²) in [6.07, 6.45) is 1.83. The van der Waals surface area contributed by atoms with Crippen molar-refractivity contribution < 1.29 is 9.67 Å². The van der Waals surface area contributed by atoms with Crippen molar-refractivity contribution in [2.75, 3.05) is 5.75 Å². The highest BCUT2D eigenvalue weighted by Crippen LogP contribution is 2.36. The Morgan fingerprint density at radius 2 is 2.00 bits per heavy atom. The first-order valence-electron chi connectivity index (χ1n) is 8.06. The monoisotopic (exact) mass is 352 g/mol. The van der Waals surface area contributed by atoms with Gasteiger partial charge in [0.25, 0.3) is 5.88 Å². The van der Waals surface area contributed by atoms with Crippen LogP contribution in [0.4, 0.5) is 0 Å². The molecule has 5 nitrogen and oxygen atoms in total. The molecule has 2 aromatic heterocycles. The summed E-state index contributed by atoms with van der Waals surface area (Å²) in [5, 5.41) is 11.4. The molecule has 25 heavy (non-hydrogen) atoms. The SMILES string of the molecule is Cc1ccc([C@@H]2CSc3n2c(=O)c(-c2ccccc2)c(O)[n+]3C)cn1. The predicted octanol–water partition coefficient (Wildman–Crippen LogP) is 2.44. The van der Waals surface area contributed by atoms with E-state index in [1.54, 1.807) is 27.9 Å². The molecule has 1 N–H and O–H groups in total. The zero-order valence-electron chi connectivity index (χ0n) is 14.0. The van der Waals surface area contributed by atoms with E-state index < -0.39 is 0 Å². The van der Waals surface area contributed by atoms with Crippen molar-refractivity contribution in [3.63, 3.8) is 0 Å². The maximum atomic E-state index is 13.2. The molecule has 1 aromatic carbocycles. The van der Waals surface area contributed by atoms with Gasteiger partial charge >= 0.3 is 10.7 Å². The second-order valence-electron chi connectivity index (χ2n) is 6.14. The summed E-state index contributed by atoms with van der Waals surface area (Å²) in [6, 6.07) is 13.2. The lowest BCUT2D eigenvalue weighted by molar-refractivity contribution is -0.720. The van der Waals surface area contributed by atoms with Crippen LogP contribution in [-0.2, 0) is 7.05 Å². The molecule has 6 heteroatoms. The van der Waals surface area contributed by atoms with Crippen LogP contribution in [0.5, 0.6) is 5.88 Å². The van der Waals surface area contributed by atoms with Crippen LogP contribution in [0.25, 0.3) is 11.1 Å². The summed E-state index contributed by atoms with van der Waals surface area (Å²) in [5.41, 5.74) is 2.83. The Labute approximate surface area is 149 Å². The molecular weight excluding hydrogens is 334 g/mol. The van der Waals surface area contributed by atoms with Crippen LogP contribution in [0, 0.1) is 6.92 Å². The average molecular weight is 352 g/mol. The Morgan fingerprint density at radius 3 is 2.68 bits per heavy atom. The van der Waals surface area contributed by atoms with Gasteiger partial charge in [0, 0.05) is 17.5 Å². The van der Waals surface area contributed by atoms with Gasteiger partial charge in [0.1, 0.15) is 6.04 Å². The lowest BCUT2D eigenvalue weighted by Crippen LogP contribution is -2.41. The van der Waals surface area contributed by atoms with Gasteiger partial charge in [0.15, 0.2) is 5.56 Å². The summed E-state index contributed by atoms with van der Waals surface area (Å²) in [4.78, 5) is 17.6. The van der Waals surface area contributed by atoms with Gasteiger partial charge in [-0.1, -0.05) is 36.4 Å². The number of hydrogen-bond acceptors (Lipinski definition) is 4. The van der Waals surface area contributed by atoms with Gasteiger partial charge in [0.2, 0.25) is 0 Å². The first-order chi connectivity index (χ1) is 12.1. The van der Waals surface area contributed by atoms with Gasteiger partial charge in [0.05, 0.1) is 12.8 Å². The normalized spacial score (nSPS) is 16.0. The summed E-state index contributed by atoms with van der Waals surface area (Å²) in [7, 11) is 1.79. The predicted molar refractivity (Wildman–Crippen MR) is 96.8 cm³/mol. The number of aromatic nitrogens is 3. The van der Waals surface area contributed by atoms with Crippen LogP contribution >= 0.6 is 11.8 Å². The summed E-state index contributed by atoms with van der Waals surface area (Å²) in [5.74, 6) is 0.739. The minimum Gasteiger partial charge on any atom is -0.477 e. The smallest absolute Gasteiger partial charge is 0.350 e. The van der Waals surface area contributed by atoms with Crippen LogP contribution < -0.4 is 10.1 Å². The van der Waals surface area contributed by atoms with Crippen LogP contribution in [0.15, 0.2) is 58.6 Å². The number of thioether (sulfide) groups is 1. The second-order valence-corrected chi connectivity index (χ2v) is 7.13. The van der Waals surface area contributed by atoms with Crippen LogP contribution in [0.3, 0.4) is 0 Å². The fourth-order valence-electron chi connectivity index (χ4n) is 3.17. The Kier molecular flexibility index (Phi) is 3.84. The van der Waals surface area contributed by atoms with Crippen molar-refractivity contribution in [1.29, 1.82) is 0 Å². The summed E-state index contributed by atoms with van der Waals surface area (Å²) >= 11 is 1.57. The Morgan fingerprint density at radius 1 is 1.24 bits per heavy atom. The van der Waals surface area contributed by atoms with Crippen LogP contribution in [0.1, 0.15) is 17.3 Å². The third-order valence-electron chi connectivity index (χ3n) is 4.53. The first kappa shape index (κ1) is 15.9. The van der Waals surface area contributed by atoms with Crippen molar-refractivity contribution in [1.82, 2.24) is 9.55 Å². The minimum absolute atomic E-state index is 0.00219. The van der Waals surface area contributed by atoms with Crippen LogP contribution in [-0.4, -0.2) is 20.4 Å². The third-order valence-corrected chi connectivity index (χ3v) is 5.74. The maximum Gasteiger partial charge on any atom is 0.350 e. The number of hydrogen-bond donors (Lipinski definition) is 1. The largest absolute Gasteiger partial charge is 0.477 e. The van der Waals surface area contributed by atoms with Crippen molar-refractivity contribution >= 4 is 11.8 Å². The maximum absolute atomic E-state index is 13.2. The zero-order valence-corrected chi connectivity index (χ0v) is 14.8. The average Bonchev–Trinajstić information content (AvgIpc) is 3.07. The zero-order chi connectivity index (χ0) is 17.6. The Hall–Kier alpha value is -2.60. The van der Waals surface area contributed by atoms with Gasteiger partial charge in [-0.3, -0.25) is 4.98 Å². The standard InChI is InChI=1S/C19H17N3O2S/c1-12-8-9-14(10-20-12)15-11-25-19-21(2)17(23)16(18(24)22(15)19)13-6-4-3-5-7-13/h3-10,15H,11H2,1-2H3/p+1/t15-/m0/s1. The molecule has 0 fully saturated rings. The summed E-state index contributed by atoms with van der Waals surface area (Å²) < 4.78 is 3.47. The molecule has 1 aliphatic heterocycles. The molecule has 0 bridgehead atoms. The second kappa shape index (κ2) is 6.04. The molecular formula is C19H18N3O2S+. The molecule has 0 unspecified atom stereocenters. The number of nitrogens with zero attached hydrogens (tertiary/aromatic N) is 3. The van der Waals surface area contributed by atoms with E-state index in [1.165, 1.54) is 0 Å². The van der Waals surface area contributed by atoms with Crippen LogP contribution in [0.2, 0.25) is 0 Å². The molecule has 1 aliphatic rings. The van der Waals surface area contributed by atoms with Gasteiger partial charge in [-0.05, 0) is 30.3 Å². The van der Waals surface area contributed by atoms with E-state index in [2.05, 4.69) is 4.98 Å². The Balaban J connectivity index is 1.95. The molecule has 4 rings (SSSR count). The lowest BCUT2D eigenvalue weighted by atomic mass is 10.1. The van der Waals surface area contributed by atoms with E-state index in [4.69, 9.17) is 0 Å². The molecule has 1 atom stereocenters. The number of pyridine rings is 1. The molecule has 0 aliphatic carbocycles. The third kappa shape index (κ3) is 2.53. The minimum atomic E-state index is -0.174. The molecule has 126 valence electrons. The highest BCUT2D eigenvalue weighted by molar-refractivity contribution is 7.99. The fraction of sp³-hybridized carbons (Fsp3) is 0.211. The Bertz CT molecular complexity index is 998. The highest BCUT2D eigenvalue weighted by Gasteiger charge is 2.38. The number of benzene rings is 1. The molecule has 3 heterocycles. The van der Waals surface area contributed by atoms with Crippen molar-refractivity contribution in [2.24, 2.45) is 7.05 Å². The van der Waals surface area contributed by atoms with Crippen molar-refractivity contribution in [3.05, 3.63) is 70.3 Å². The van der Waals surface area contributed by atoms with Crippen molar-refractivity contribution in [2.45, 2.75) is 18.1 Å². The summed E-state index contributed by atoms with van der Waals surface area (Å²) in [6.45, 7) is 1.94. The van der Waals surface area contributed by atoms with E-state index in [0.29, 0.717) is 11.1 Å². The molecule has 3 aromatic rings. The van der Waals surface area contributed by atoms with E-state index in [0.717, 1.165) is 22.2 Å². The van der Waals surface area contributed by atoms with Gasteiger partial charge < -0.3 is 5.11 Å². The quantitative estimate of drug-likeness (QED) is 0.568. The number of aryl methyl sites for hydroxylation is 1. The fourth-order valence-corrected chi connectivity index (χ4v) is 4.45. The highest BCUT2D eigenvalue weighted by atomic mass is 32.2. The molecule has 0 radical (unpaired) electrons. The van der Waals surface area contributed by atoms with E-state index >= 15 is 0 Å². The number of aromatic hydroxyl groups is 1. The molecule has 0 saturated heterocycles. The van der Waals surface area contributed by atoms with Gasteiger partial charge in [-0.25, -0.2) is 4.79 Å². The molecule has 0 saturated carbocycles. The first-order valence-corrected chi connectivity index (χ1v) is 9.04.